The van der Waals surface area contributed by atoms with Gasteiger partial charge in [0, 0.05) is 16.6 Å². The molecule has 0 atom stereocenters. The zero-order chi connectivity index (χ0) is 12.3. The fourth-order valence-corrected chi connectivity index (χ4v) is 1.92. The predicted molar refractivity (Wildman–Crippen MR) is 71.6 cm³/mol. The van der Waals surface area contributed by atoms with Gasteiger partial charge in [-0.15, -0.1) is 0 Å². The molecule has 0 saturated heterocycles. The summed E-state index contributed by atoms with van der Waals surface area (Å²) in [5.41, 5.74) is 1.97. The molecule has 88 valence electrons. The number of carbonyl (C=O) groups excluding carboxylic acids is 1. The molecule has 3 heteroatoms. The van der Waals surface area contributed by atoms with Crippen molar-refractivity contribution in [1.29, 1.82) is 0 Å². The number of amides is 1. The molecule has 0 radical (unpaired) electrons. The molecule has 0 fully saturated rings. The van der Waals surface area contributed by atoms with Crippen LogP contribution in [0.1, 0.15) is 32.8 Å². The number of halogens is 1. The van der Waals surface area contributed by atoms with Crippen LogP contribution in [0.2, 0.25) is 0 Å². The summed E-state index contributed by atoms with van der Waals surface area (Å²) in [4.78, 5) is 11.7. The van der Waals surface area contributed by atoms with Crippen LogP contribution in [-0.4, -0.2) is 5.91 Å². The Morgan fingerprint density at radius 2 is 2.00 bits per heavy atom. The van der Waals surface area contributed by atoms with Gasteiger partial charge in [-0.25, -0.2) is 0 Å². The van der Waals surface area contributed by atoms with E-state index in [9.17, 15) is 4.79 Å². The molecule has 1 aromatic carbocycles. The fraction of sp³-hybridized carbons (Fsp3) is 0.462. The highest BCUT2D eigenvalue weighted by atomic mass is 79.9. The molecule has 1 N–H and O–H groups in total. The van der Waals surface area contributed by atoms with Gasteiger partial charge in [0.2, 0.25) is 5.91 Å². The number of aryl methyl sites for hydroxylation is 1. The summed E-state index contributed by atoms with van der Waals surface area (Å²) >= 11 is 3.40. The van der Waals surface area contributed by atoms with Crippen LogP contribution in [0.5, 0.6) is 0 Å². The maximum Gasteiger partial charge on any atom is 0.224 e. The van der Waals surface area contributed by atoms with Gasteiger partial charge in [0.15, 0.2) is 0 Å². The average molecular weight is 284 g/mol. The van der Waals surface area contributed by atoms with Crippen molar-refractivity contribution in [2.24, 2.45) is 5.41 Å². The topological polar surface area (TPSA) is 29.1 Å². The van der Waals surface area contributed by atoms with E-state index in [0.29, 0.717) is 6.42 Å². The van der Waals surface area contributed by atoms with Gasteiger partial charge in [0.25, 0.3) is 0 Å². The Morgan fingerprint density at radius 3 is 2.50 bits per heavy atom. The number of carbonyl (C=O) groups is 1. The molecular formula is C13H18BrNO. The fourth-order valence-electron chi connectivity index (χ4n) is 1.44. The first-order valence-corrected chi connectivity index (χ1v) is 6.13. The highest BCUT2D eigenvalue weighted by molar-refractivity contribution is 9.10. The lowest BCUT2D eigenvalue weighted by atomic mass is 9.92. The molecule has 1 aromatic rings. The molecule has 0 aromatic heterocycles. The van der Waals surface area contributed by atoms with Crippen LogP contribution < -0.4 is 5.32 Å². The normalized spacial score (nSPS) is 11.3. The summed E-state index contributed by atoms with van der Waals surface area (Å²) in [6.07, 6.45) is 0.530. The average Bonchev–Trinajstić information content (AvgIpc) is 2.06. The summed E-state index contributed by atoms with van der Waals surface area (Å²) < 4.78 is 1.03. The van der Waals surface area contributed by atoms with Gasteiger partial charge in [-0.05, 0) is 36.1 Å². The van der Waals surface area contributed by atoms with Crippen LogP contribution in [0, 0.1) is 12.3 Å². The largest absolute Gasteiger partial charge is 0.326 e. The molecule has 16 heavy (non-hydrogen) atoms. The Hall–Kier alpha value is -0.830. The molecule has 0 aliphatic rings. The molecule has 0 spiro atoms. The van der Waals surface area contributed by atoms with Crippen molar-refractivity contribution in [3.63, 3.8) is 0 Å². The summed E-state index contributed by atoms with van der Waals surface area (Å²) in [6.45, 7) is 8.15. The third kappa shape index (κ3) is 4.35. The Kier molecular flexibility index (Phi) is 4.14. The SMILES string of the molecule is Cc1cc(Br)ccc1NC(=O)CC(C)(C)C. The number of hydrogen-bond acceptors (Lipinski definition) is 1. The highest BCUT2D eigenvalue weighted by Gasteiger charge is 2.16. The van der Waals surface area contributed by atoms with Gasteiger partial charge >= 0.3 is 0 Å². The number of rotatable bonds is 2. The molecule has 0 heterocycles. The minimum absolute atomic E-state index is 0.0212. The molecule has 0 aliphatic heterocycles. The third-order valence-electron chi connectivity index (χ3n) is 2.15. The van der Waals surface area contributed by atoms with Crippen molar-refractivity contribution in [2.45, 2.75) is 34.1 Å². The van der Waals surface area contributed by atoms with E-state index in [1.54, 1.807) is 0 Å². The lowest BCUT2D eigenvalue weighted by Crippen LogP contribution is -2.20. The van der Waals surface area contributed by atoms with E-state index in [2.05, 4.69) is 42.0 Å². The van der Waals surface area contributed by atoms with E-state index in [1.165, 1.54) is 0 Å². The smallest absolute Gasteiger partial charge is 0.224 e. The molecule has 0 saturated carbocycles. The summed E-state index contributed by atoms with van der Waals surface area (Å²) in [7, 11) is 0. The van der Waals surface area contributed by atoms with Gasteiger partial charge < -0.3 is 5.32 Å². The van der Waals surface area contributed by atoms with Crippen LogP contribution in [-0.2, 0) is 4.79 Å². The number of nitrogens with one attached hydrogen (secondary N) is 1. The Balaban J connectivity index is 2.70. The van der Waals surface area contributed by atoms with E-state index in [-0.39, 0.29) is 11.3 Å². The first-order valence-electron chi connectivity index (χ1n) is 5.34. The zero-order valence-corrected chi connectivity index (χ0v) is 11.8. The Morgan fingerprint density at radius 1 is 1.38 bits per heavy atom. The van der Waals surface area contributed by atoms with E-state index < -0.39 is 0 Å². The first-order chi connectivity index (χ1) is 7.28. The zero-order valence-electron chi connectivity index (χ0n) is 10.2. The number of anilines is 1. The summed E-state index contributed by atoms with van der Waals surface area (Å²) in [6, 6.07) is 5.84. The summed E-state index contributed by atoms with van der Waals surface area (Å²) in [5, 5.41) is 2.93. The van der Waals surface area contributed by atoms with Crippen molar-refractivity contribution in [2.75, 3.05) is 5.32 Å². The Labute approximate surface area is 106 Å². The first kappa shape index (κ1) is 13.2. The standard InChI is InChI=1S/C13H18BrNO/c1-9-7-10(14)5-6-11(9)15-12(16)8-13(2,3)4/h5-7H,8H2,1-4H3,(H,15,16). The highest BCUT2D eigenvalue weighted by Crippen LogP contribution is 2.23. The van der Waals surface area contributed by atoms with Gasteiger partial charge in [-0.3, -0.25) is 4.79 Å². The van der Waals surface area contributed by atoms with Crippen LogP contribution in [0.15, 0.2) is 22.7 Å². The molecule has 0 aliphatic carbocycles. The van der Waals surface area contributed by atoms with Crippen LogP contribution in [0.3, 0.4) is 0 Å². The van der Waals surface area contributed by atoms with E-state index in [4.69, 9.17) is 0 Å². The van der Waals surface area contributed by atoms with E-state index in [0.717, 1.165) is 15.7 Å². The second-order valence-corrected chi connectivity index (χ2v) is 6.16. The van der Waals surface area contributed by atoms with E-state index >= 15 is 0 Å². The van der Waals surface area contributed by atoms with Crippen molar-refractivity contribution < 1.29 is 4.79 Å². The van der Waals surface area contributed by atoms with Crippen molar-refractivity contribution in [3.05, 3.63) is 28.2 Å². The molecule has 1 rings (SSSR count). The lowest BCUT2D eigenvalue weighted by Gasteiger charge is -2.18. The maximum atomic E-state index is 11.7. The second-order valence-electron chi connectivity index (χ2n) is 5.24. The van der Waals surface area contributed by atoms with E-state index in [1.807, 2.05) is 25.1 Å². The van der Waals surface area contributed by atoms with Crippen molar-refractivity contribution >= 4 is 27.5 Å². The van der Waals surface area contributed by atoms with Gasteiger partial charge in [0.1, 0.15) is 0 Å². The van der Waals surface area contributed by atoms with Crippen molar-refractivity contribution in [1.82, 2.24) is 0 Å². The third-order valence-corrected chi connectivity index (χ3v) is 2.65. The Bertz CT molecular complexity index is 393. The number of benzene rings is 1. The minimum Gasteiger partial charge on any atom is -0.326 e. The van der Waals surface area contributed by atoms with Crippen LogP contribution in [0.4, 0.5) is 5.69 Å². The lowest BCUT2D eigenvalue weighted by molar-refractivity contribution is -0.117. The second kappa shape index (κ2) is 5.00. The maximum absolute atomic E-state index is 11.7. The molecule has 0 bridgehead atoms. The summed E-state index contributed by atoms with van der Waals surface area (Å²) in [5.74, 6) is 0.0675. The predicted octanol–water partition coefficient (Wildman–Crippen LogP) is 4.13. The number of hydrogen-bond donors (Lipinski definition) is 1. The molecule has 2 nitrogen and oxygen atoms in total. The minimum atomic E-state index is 0.0212. The quantitative estimate of drug-likeness (QED) is 0.869. The van der Waals surface area contributed by atoms with Gasteiger partial charge in [0.05, 0.1) is 0 Å². The molecule has 0 unspecified atom stereocenters. The molecule has 1 amide bonds. The molecular weight excluding hydrogens is 266 g/mol. The van der Waals surface area contributed by atoms with Crippen LogP contribution >= 0.6 is 15.9 Å². The van der Waals surface area contributed by atoms with Crippen LogP contribution in [0.25, 0.3) is 0 Å². The van der Waals surface area contributed by atoms with Gasteiger partial charge in [-0.1, -0.05) is 36.7 Å². The van der Waals surface area contributed by atoms with Crippen molar-refractivity contribution in [3.8, 4) is 0 Å². The monoisotopic (exact) mass is 283 g/mol. The van der Waals surface area contributed by atoms with Gasteiger partial charge in [-0.2, -0.15) is 0 Å².